The van der Waals surface area contributed by atoms with Gasteiger partial charge in [-0.3, -0.25) is 0 Å². The first-order valence-electron chi connectivity index (χ1n) is 18.3. The van der Waals surface area contributed by atoms with Crippen molar-refractivity contribution < 1.29 is 0 Å². The van der Waals surface area contributed by atoms with Crippen LogP contribution in [0.15, 0.2) is 188 Å². The number of hydrogen-bond donors (Lipinski definition) is 0. The Morgan fingerprint density at radius 3 is 1.21 bits per heavy atom. The van der Waals surface area contributed by atoms with Crippen LogP contribution in [-0.4, -0.2) is 9.13 Å². The molecule has 0 spiro atoms. The number of anilines is 3. The summed E-state index contributed by atoms with van der Waals surface area (Å²) in [5.41, 5.74) is 15.4. The van der Waals surface area contributed by atoms with Gasteiger partial charge in [0.15, 0.2) is 0 Å². The fourth-order valence-corrected chi connectivity index (χ4v) is 8.04. The molecule has 0 radical (unpaired) electrons. The standard InChI is InChI=1S/C50H37N3/c1-34-18-25-38(26-19-34)51(39-27-20-35(2)21-28-39)40-29-22-36(23-30-40)37-24-31-50-46(32-37)45-14-5-8-17-49(45)53(50)42-11-9-10-41(33-42)52-47-15-6-3-12-43(47)44-13-4-7-16-48(44)52/h3-33H,1-2H3. The van der Waals surface area contributed by atoms with Crippen LogP contribution in [0.25, 0.3) is 66.1 Å². The van der Waals surface area contributed by atoms with Crippen LogP contribution in [0.1, 0.15) is 11.1 Å². The van der Waals surface area contributed by atoms with Crippen molar-refractivity contribution in [3.63, 3.8) is 0 Å². The predicted molar refractivity (Wildman–Crippen MR) is 225 cm³/mol. The number of hydrogen-bond acceptors (Lipinski definition) is 1. The van der Waals surface area contributed by atoms with Gasteiger partial charge in [0, 0.05) is 50.0 Å². The molecule has 0 aliphatic carbocycles. The molecule has 2 heterocycles. The van der Waals surface area contributed by atoms with Crippen LogP contribution in [0.3, 0.4) is 0 Å². The van der Waals surface area contributed by atoms with E-state index in [4.69, 9.17) is 0 Å². The monoisotopic (exact) mass is 679 g/mol. The number of fused-ring (bicyclic) bond motifs is 6. The summed E-state index contributed by atoms with van der Waals surface area (Å²) < 4.78 is 4.80. The molecule has 0 aliphatic heterocycles. The quantitative estimate of drug-likeness (QED) is 0.170. The maximum atomic E-state index is 2.41. The Morgan fingerprint density at radius 1 is 0.321 bits per heavy atom. The van der Waals surface area contributed by atoms with Gasteiger partial charge in [-0.15, -0.1) is 0 Å². The van der Waals surface area contributed by atoms with Crippen molar-refractivity contribution in [2.45, 2.75) is 13.8 Å². The van der Waals surface area contributed by atoms with Crippen LogP contribution in [0.5, 0.6) is 0 Å². The first-order valence-corrected chi connectivity index (χ1v) is 18.3. The van der Waals surface area contributed by atoms with Crippen LogP contribution < -0.4 is 4.90 Å². The van der Waals surface area contributed by atoms with Crippen molar-refractivity contribution in [1.82, 2.24) is 9.13 Å². The fraction of sp³-hybridized carbons (Fsp3) is 0.0400. The summed E-state index contributed by atoms with van der Waals surface area (Å²) in [6.07, 6.45) is 0. The van der Waals surface area contributed by atoms with Gasteiger partial charge in [-0.25, -0.2) is 0 Å². The van der Waals surface area contributed by atoms with Crippen molar-refractivity contribution in [1.29, 1.82) is 0 Å². The highest BCUT2D eigenvalue weighted by Gasteiger charge is 2.17. The second-order valence-electron chi connectivity index (χ2n) is 14.0. The molecule has 3 nitrogen and oxygen atoms in total. The number of benzene rings is 8. The number of nitrogens with zero attached hydrogens (tertiary/aromatic N) is 3. The van der Waals surface area contributed by atoms with E-state index in [0.717, 1.165) is 28.4 Å². The molecule has 0 atom stereocenters. The maximum Gasteiger partial charge on any atom is 0.0541 e. The van der Waals surface area contributed by atoms with Gasteiger partial charge < -0.3 is 14.0 Å². The third kappa shape index (κ3) is 5.20. The molecule has 0 unspecified atom stereocenters. The molecule has 10 rings (SSSR count). The van der Waals surface area contributed by atoms with Gasteiger partial charge in [-0.1, -0.05) is 114 Å². The summed E-state index contributed by atoms with van der Waals surface area (Å²) in [4.78, 5) is 2.33. The van der Waals surface area contributed by atoms with Crippen molar-refractivity contribution in [2.24, 2.45) is 0 Å². The van der Waals surface area contributed by atoms with Crippen molar-refractivity contribution in [2.75, 3.05) is 4.90 Å². The van der Waals surface area contributed by atoms with Crippen LogP contribution >= 0.6 is 0 Å². The molecule has 0 saturated carbocycles. The van der Waals surface area contributed by atoms with Crippen molar-refractivity contribution >= 4 is 60.7 Å². The Morgan fingerprint density at radius 2 is 0.717 bits per heavy atom. The SMILES string of the molecule is Cc1ccc(N(c2ccc(C)cc2)c2ccc(-c3ccc4c(c3)c3ccccc3n4-c3cccc(-n4c5ccccc5c5ccccc54)c3)cc2)cc1. The second-order valence-corrected chi connectivity index (χ2v) is 14.0. The lowest BCUT2D eigenvalue weighted by Crippen LogP contribution is -2.09. The number of aryl methyl sites for hydroxylation is 2. The largest absolute Gasteiger partial charge is 0.311 e. The lowest BCUT2D eigenvalue weighted by molar-refractivity contribution is 1.13. The third-order valence-corrected chi connectivity index (χ3v) is 10.6. The summed E-state index contributed by atoms with van der Waals surface area (Å²) in [6, 6.07) is 68.5. The zero-order valence-electron chi connectivity index (χ0n) is 29.7. The molecule has 0 aliphatic rings. The smallest absolute Gasteiger partial charge is 0.0541 e. The zero-order chi connectivity index (χ0) is 35.5. The Kier molecular flexibility index (Phi) is 7.26. The van der Waals surface area contributed by atoms with Crippen LogP contribution in [-0.2, 0) is 0 Å². The number of rotatable bonds is 6. The minimum atomic E-state index is 1.13. The maximum absolute atomic E-state index is 2.41. The van der Waals surface area contributed by atoms with E-state index in [2.05, 4.69) is 216 Å². The molecule has 53 heavy (non-hydrogen) atoms. The summed E-state index contributed by atoms with van der Waals surface area (Å²) in [5, 5.41) is 5.02. The van der Waals surface area contributed by atoms with Crippen molar-refractivity contribution in [3.05, 3.63) is 199 Å². The normalized spacial score (nSPS) is 11.6. The molecule has 0 fully saturated rings. The van der Waals surface area contributed by atoms with E-state index in [9.17, 15) is 0 Å². The average Bonchev–Trinajstić information content (AvgIpc) is 3.72. The van der Waals surface area contributed by atoms with Gasteiger partial charge in [0.1, 0.15) is 0 Å². The van der Waals surface area contributed by atoms with Crippen LogP contribution in [0.4, 0.5) is 17.1 Å². The van der Waals surface area contributed by atoms with Gasteiger partial charge in [-0.05, 0) is 110 Å². The fourth-order valence-electron chi connectivity index (χ4n) is 8.04. The Hall–Kier alpha value is -6.84. The van der Waals surface area contributed by atoms with Gasteiger partial charge >= 0.3 is 0 Å². The number of para-hydroxylation sites is 3. The first-order chi connectivity index (χ1) is 26.1. The minimum absolute atomic E-state index is 1.13. The molecule has 0 bridgehead atoms. The molecule has 0 amide bonds. The lowest BCUT2D eigenvalue weighted by atomic mass is 10.0. The molecule has 3 heteroatoms. The molecule has 2 aromatic heterocycles. The van der Waals surface area contributed by atoms with E-state index in [1.807, 2.05) is 0 Å². The Labute approximate surface area is 309 Å². The number of aromatic nitrogens is 2. The van der Waals surface area contributed by atoms with E-state index in [0.29, 0.717) is 0 Å². The van der Waals surface area contributed by atoms with Crippen molar-refractivity contribution in [3.8, 4) is 22.5 Å². The highest BCUT2D eigenvalue weighted by atomic mass is 15.1. The summed E-state index contributed by atoms with van der Waals surface area (Å²) in [5.74, 6) is 0. The Bertz CT molecular complexity index is 2850. The van der Waals surface area contributed by atoms with Gasteiger partial charge in [0.05, 0.1) is 22.1 Å². The van der Waals surface area contributed by atoms with E-state index >= 15 is 0 Å². The second kappa shape index (κ2) is 12.4. The topological polar surface area (TPSA) is 13.1 Å². The highest BCUT2D eigenvalue weighted by molar-refractivity contribution is 6.11. The van der Waals surface area contributed by atoms with Crippen LogP contribution in [0, 0.1) is 13.8 Å². The summed E-state index contributed by atoms with van der Waals surface area (Å²) in [6.45, 7) is 4.26. The molecular formula is C50H37N3. The molecule has 10 aromatic rings. The van der Waals surface area contributed by atoms with Crippen LogP contribution in [0.2, 0.25) is 0 Å². The van der Waals surface area contributed by atoms with E-state index in [1.54, 1.807) is 0 Å². The third-order valence-electron chi connectivity index (χ3n) is 10.6. The minimum Gasteiger partial charge on any atom is -0.311 e. The van der Waals surface area contributed by atoms with E-state index in [-0.39, 0.29) is 0 Å². The Balaban J connectivity index is 1.07. The van der Waals surface area contributed by atoms with Gasteiger partial charge in [-0.2, -0.15) is 0 Å². The predicted octanol–water partition coefficient (Wildman–Crippen LogP) is 13.6. The molecule has 0 N–H and O–H groups in total. The first kappa shape index (κ1) is 30.9. The van der Waals surface area contributed by atoms with Gasteiger partial charge in [0.2, 0.25) is 0 Å². The molecular weight excluding hydrogens is 643 g/mol. The summed E-state index contributed by atoms with van der Waals surface area (Å²) >= 11 is 0. The molecule has 8 aromatic carbocycles. The zero-order valence-corrected chi connectivity index (χ0v) is 29.7. The average molecular weight is 680 g/mol. The van der Waals surface area contributed by atoms with E-state index < -0.39 is 0 Å². The highest BCUT2D eigenvalue weighted by Crippen LogP contribution is 2.39. The lowest BCUT2D eigenvalue weighted by Gasteiger charge is -2.26. The molecule has 0 saturated heterocycles. The summed E-state index contributed by atoms with van der Waals surface area (Å²) in [7, 11) is 0. The van der Waals surface area contributed by atoms with E-state index in [1.165, 1.54) is 65.9 Å². The van der Waals surface area contributed by atoms with Gasteiger partial charge in [0.25, 0.3) is 0 Å². The molecule has 252 valence electrons.